The molecule has 0 heterocycles. The number of nitrogens with one attached hydrogen (secondary N) is 1. The van der Waals surface area contributed by atoms with Gasteiger partial charge in [-0.05, 0) is 12.8 Å². The smallest absolute Gasteiger partial charge is 0.239 e. The molecule has 0 spiro atoms. The molecule has 0 radical (unpaired) electrons. The zero-order chi connectivity index (χ0) is 12.2. The van der Waals surface area contributed by atoms with E-state index in [2.05, 4.69) is 5.32 Å². The first-order valence-electron chi connectivity index (χ1n) is 4.66. The molecule has 2 unspecified atom stereocenters. The molecule has 2 atom stereocenters. The van der Waals surface area contributed by atoms with Crippen molar-refractivity contribution in [1.29, 1.82) is 0 Å². The second-order valence-electron chi connectivity index (χ2n) is 3.76. The van der Waals surface area contributed by atoms with Gasteiger partial charge in [0.2, 0.25) is 11.8 Å². The molecule has 0 aliphatic carbocycles. The summed E-state index contributed by atoms with van der Waals surface area (Å²) < 4.78 is 0. The van der Waals surface area contributed by atoms with Gasteiger partial charge in [0.15, 0.2) is 0 Å². The van der Waals surface area contributed by atoms with E-state index in [0.717, 1.165) is 0 Å². The fourth-order valence-corrected chi connectivity index (χ4v) is 1.51. The van der Waals surface area contributed by atoms with E-state index in [4.69, 9.17) is 23.7 Å². The van der Waals surface area contributed by atoms with E-state index >= 15 is 0 Å². The molecule has 0 bridgehead atoms. The SMILES string of the molecule is CC(NC(=O)C(C(N)=S)C(C)C)C(N)=O. The molecule has 6 heteroatoms. The molecule has 0 fully saturated rings. The van der Waals surface area contributed by atoms with Crippen molar-refractivity contribution in [2.24, 2.45) is 23.3 Å². The summed E-state index contributed by atoms with van der Waals surface area (Å²) in [5.74, 6) is -1.53. The van der Waals surface area contributed by atoms with E-state index in [0.29, 0.717) is 0 Å². The standard InChI is InChI=1S/C9H17N3O2S/c1-4(2)6(8(11)15)9(14)12-5(3)7(10)13/h4-6H,1-3H3,(H2,10,13)(H2,11,15)(H,12,14). The van der Waals surface area contributed by atoms with Gasteiger partial charge in [-0.1, -0.05) is 26.1 Å². The Kier molecular flexibility index (Phi) is 5.21. The minimum Gasteiger partial charge on any atom is -0.393 e. The van der Waals surface area contributed by atoms with Gasteiger partial charge < -0.3 is 16.8 Å². The summed E-state index contributed by atoms with van der Waals surface area (Å²) >= 11 is 4.79. The number of thiocarbonyl (C=S) groups is 1. The lowest BCUT2D eigenvalue weighted by molar-refractivity contribution is -0.128. The van der Waals surface area contributed by atoms with Crippen LogP contribution in [0.2, 0.25) is 0 Å². The number of carbonyl (C=O) groups excluding carboxylic acids is 2. The quantitative estimate of drug-likeness (QED) is 0.557. The lowest BCUT2D eigenvalue weighted by Crippen LogP contribution is -2.48. The van der Waals surface area contributed by atoms with Crippen molar-refractivity contribution in [3.8, 4) is 0 Å². The van der Waals surface area contributed by atoms with Crippen LogP contribution >= 0.6 is 12.2 Å². The highest BCUT2D eigenvalue weighted by Gasteiger charge is 2.26. The van der Waals surface area contributed by atoms with Gasteiger partial charge in [0.25, 0.3) is 0 Å². The minimum absolute atomic E-state index is 0.0115. The van der Waals surface area contributed by atoms with Crippen molar-refractivity contribution in [2.45, 2.75) is 26.8 Å². The van der Waals surface area contributed by atoms with Crippen molar-refractivity contribution in [3.63, 3.8) is 0 Å². The van der Waals surface area contributed by atoms with Gasteiger partial charge in [-0.3, -0.25) is 9.59 Å². The molecule has 5 nitrogen and oxygen atoms in total. The number of rotatable bonds is 5. The van der Waals surface area contributed by atoms with E-state index in [1.807, 2.05) is 13.8 Å². The molecule has 2 amide bonds. The van der Waals surface area contributed by atoms with E-state index in [1.165, 1.54) is 6.92 Å². The summed E-state index contributed by atoms with van der Waals surface area (Å²) in [5.41, 5.74) is 10.5. The Labute approximate surface area is 94.6 Å². The van der Waals surface area contributed by atoms with E-state index in [-0.39, 0.29) is 16.8 Å². The lowest BCUT2D eigenvalue weighted by Gasteiger charge is -2.20. The number of amides is 2. The molecule has 0 aliphatic rings. The van der Waals surface area contributed by atoms with Gasteiger partial charge in [-0.15, -0.1) is 0 Å². The van der Waals surface area contributed by atoms with Crippen LogP contribution in [0.1, 0.15) is 20.8 Å². The van der Waals surface area contributed by atoms with Crippen LogP contribution in [0.5, 0.6) is 0 Å². The largest absolute Gasteiger partial charge is 0.393 e. The first-order valence-corrected chi connectivity index (χ1v) is 5.07. The molecule has 0 aromatic heterocycles. The average molecular weight is 231 g/mol. The molecule has 0 aromatic carbocycles. The van der Waals surface area contributed by atoms with Crippen molar-refractivity contribution < 1.29 is 9.59 Å². The van der Waals surface area contributed by atoms with Gasteiger partial charge in [0.05, 0.1) is 10.9 Å². The Bertz CT molecular complexity index is 279. The van der Waals surface area contributed by atoms with Gasteiger partial charge in [-0.2, -0.15) is 0 Å². The number of hydrogen-bond acceptors (Lipinski definition) is 3. The van der Waals surface area contributed by atoms with Gasteiger partial charge in [-0.25, -0.2) is 0 Å². The molecule has 0 aliphatic heterocycles. The third-order valence-electron chi connectivity index (χ3n) is 2.04. The summed E-state index contributed by atoms with van der Waals surface area (Å²) in [5, 5.41) is 2.46. The average Bonchev–Trinajstić information content (AvgIpc) is 2.01. The number of carbonyl (C=O) groups is 2. The summed E-state index contributed by atoms with van der Waals surface area (Å²) in [6.45, 7) is 5.17. The molecule has 15 heavy (non-hydrogen) atoms. The molecule has 0 rings (SSSR count). The maximum atomic E-state index is 11.7. The molecule has 5 N–H and O–H groups in total. The van der Waals surface area contributed by atoms with Crippen LogP contribution in [-0.4, -0.2) is 22.8 Å². The number of hydrogen-bond donors (Lipinski definition) is 3. The zero-order valence-corrected chi connectivity index (χ0v) is 9.93. The fourth-order valence-electron chi connectivity index (χ4n) is 1.13. The van der Waals surface area contributed by atoms with Crippen LogP contribution in [-0.2, 0) is 9.59 Å². The second kappa shape index (κ2) is 5.65. The molecular weight excluding hydrogens is 214 g/mol. The van der Waals surface area contributed by atoms with E-state index in [9.17, 15) is 9.59 Å². The third kappa shape index (κ3) is 4.24. The predicted molar refractivity (Wildman–Crippen MR) is 61.9 cm³/mol. The van der Waals surface area contributed by atoms with E-state index in [1.54, 1.807) is 0 Å². The highest BCUT2D eigenvalue weighted by Crippen LogP contribution is 2.11. The van der Waals surface area contributed by atoms with Crippen molar-refractivity contribution >= 4 is 29.0 Å². The first-order chi connectivity index (χ1) is 6.77. The van der Waals surface area contributed by atoms with E-state index < -0.39 is 17.9 Å². The summed E-state index contributed by atoms with van der Waals surface area (Å²) in [6.07, 6.45) is 0. The summed E-state index contributed by atoms with van der Waals surface area (Å²) in [7, 11) is 0. The Morgan fingerprint density at radius 1 is 1.20 bits per heavy atom. The molecule has 0 aromatic rings. The van der Waals surface area contributed by atoms with Gasteiger partial charge >= 0.3 is 0 Å². The molecule has 0 saturated heterocycles. The Hall–Kier alpha value is -1.17. The Balaban J connectivity index is 4.53. The minimum atomic E-state index is -0.715. The maximum absolute atomic E-state index is 11.7. The Morgan fingerprint density at radius 2 is 1.67 bits per heavy atom. The van der Waals surface area contributed by atoms with Crippen LogP contribution in [0.15, 0.2) is 0 Å². The van der Waals surface area contributed by atoms with Crippen molar-refractivity contribution in [3.05, 3.63) is 0 Å². The zero-order valence-electron chi connectivity index (χ0n) is 9.11. The summed E-state index contributed by atoms with van der Waals surface area (Å²) in [4.78, 5) is 22.5. The van der Waals surface area contributed by atoms with Gasteiger partial charge in [0.1, 0.15) is 6.04 Å². The Morgan fingerprint density at radius 3 is 1.93 bits per heavy atom. The normalized spacial score (nSPS) is 14.4. The second-order valence-corrected chi connectivity index (χ2v) is 4.23. The van der Waals surface area contributed by atoms with Crippen molar-refractivity contribution in [2.75, 3.05) is 0 Å². The van der Waals surface area contributed by atoms with Crippen molar-refractivity contribution in [1.82, 2.24) is 5.32 Å². The first kappa shape index (κ1) is 13.8. The molecule has 86 valence electrons. The number of nitrogens with two attached hydrogens (primary N) is 2. The molecular formula is C9H17N3O2S. The molecule has 0 saturated carbocycles. The number of primary amides is 1. The monoisotopic (exact) mass is 231 g/mol. The van der Waals surface area contributed by atoms with Crippen LogP contribution in [0, 0.1) is 11.8 Å². The van der Waals surface area contributed by atoms with Crippen LogP contribution in [0.25, 0.3) is 0 Å². The van der Waals surface area contributed by atoms with Crippen LogP contribution in [0.3, 0.4) is 0 Å². The topological polar surface area (TPSA) is 98.2 Å². The van der Waals surface area contributed by atoms with Crippen LogP contribution in [0.4, 0.5) is 0 Å². The van der Waals surface area contributed by atoms with Crippen LogP contribution < -0.4 is 16.8 Å². The van der Waals surface area contributed by atoms with Gasteiger partial charge in [0, 0.05) is 0 Å². The lowest BCUT2D eigenvalue weighted by atomic mass is 9.94. The highest BCUT2D eigenvalue weighted by molar-refractivity contribution is 7.80. The predicted octanol–water partition coefficient (Wildman–Crippen LogP) is -0.465. The summed E-state index contributed by atoms with van der Waals surface area (Å²) in [6, 6.07) is -0.715. The highest BCUT2D eigenvalue weighted by atomic mass is 32.1. The third-order valence-corrected chi connectivity index (χ3v) is 2.30. The maximum Gasteiger partial charge on any atom is 0.239 e. The fraction of sp³-hybridized carbons (Fsp3) is 0.667.